The van der Waals surface area contributed by atoms with Gasteiger partial charge in [-0.1, -0.05) is 29.8 Å². The molecule has 1 amide bonds. The molecule has 3 atom stereocenters. The van der Waals surface area contributed by atoms with Gasteiger partial charge < -0.3 is 9.64 Å². The van der Waals surface area contributed by atoms with E-state index in [0.29, 0.717) is 10.6 Å². The highest BCUT2D eigenvalue weighted by molar-refractivity contribution is 6.31. The molecule has 1 heterocycles. The van der Waals surface area contributed by atoms with E-state index >= 15 is 0 Å². The van der Waals surface area contributed by atoms with Crippen molar-refractivity contribution >= 4 is 29.2 Å². The molecule has 3 unspecified atom stereocenters. The Morgan fingerprint density at radius 3 is 2.54 bits per heavy atom. The van der Waals surface area contributed by atoms with Crippen LogP contribution in [0.4, 0.5) is 10.1 Å². The Balaban J connectivity index is 1.90. The predicted octanol–water partition coefficient (Wildman–Crippen LogP) is 3.81. The van der Waals surface area contributed by atoms with Crippen molar-refractivity contribution in [3.8, 4) is 0 Å². The lowest BCUT2D eigenvalue weighted by Crippen LogP contribution is -2.39. The van der Waals surface area contributed by atoms with Crippen molar-refractivity contribution in [2.24, 2.45) is 0 Å². The summed E-state index contributed by atoms with van der Waals surface area (Å²) in [6.45, 7) is 3.44. The lowest BCUT2D eigenvalue weighted by Gasteiger charge is -2.27. The van der Waals surface area contributed by atoms with Crippen LogP contribution in [0.25, 0.3) is 0 Å². The standard InChI is InChI=1S/C20H17ClFNO3/c1-3-26-19(25)20(12-4-7-14(22)8-5-12)17-15-9-6-13(21)10-16(15)23(11(2)24)18(17)20/h4-10,17-18H,3H2,1-2H3. The van der Waals surface area contributed by atoms with Gasteiger partial charge in [0.25, 0.3) is 0 Å². The van der Waals surface area contributed by atoms with Crippen molar-refractivity contribution in [2.75, 3.05) is 11.5 Å². The van der Waals surface area contributed by atoms with Crippen LogP contribution in [-0.4, -0.2) is 24.5 Å². The minimum atomic E-state index is -1.02. The lowest BCUT2D eigenvalue weighted by atomic mass is 9.88. The van der Waals surface area contributed by atoms with E-state index in [9.17, 15) is 14.0 Å². The van der Waals surface area contributed by atoms with Crippen molar-refractivity contribution in [1.82, 2.24) is 0 Å². The average molecular weight is 374 g/mol. The van der Waals surface area contributed by atoms with E-state index in [1.165, 1.54) is 19.1 Å². The maximum atomic E-state index is 13.4. The molecule has 4 nitrogen and oxygen atoms in total. The number of carbonyl (C=O) groups excluding carboxylic acids is 2. The first-order valence-corrected chi connectivity index (χ1v) is 8.83. The molecule has 2 aliphatic rings. The molecule has 1 fully saturated rings. The van der Waals surface area contributed by atoms with Crippen LogP contribution in [0.5, 0.6) is 0 Å². The molecule has 0 spiro atoms. The van der Waals surface area contributed by atoms with E-state index in [1.54, 1.807) is 36.1 Å². The van der Waals surface area contributed by atoms with Crippen molar-refractivity contribution in [3.63, 3.8) is 0 Å². The SMILES string of the molecule is CCOC(=O)C1(c2ccc(F)cc2)C2c3ccc(Cl)cc3N(C(C)=O)C21. The van der Waals surface area contributed by atoms with Crippen LogP contribution in [0.15, 0.2) is 42.5 Å². The smallest absolute Gasteiger partial charge is 0.319 e. The number of hydrogen-bond donors (Lipinski definition) is 0. The van der Waals surface area contributed by atoms with Gasteiger partial charge >= 0.3 is 5.97 Å². The van der Waals surface area contributed by atoms with Gasteiger partial charge in [-0.25, -0.2) is 4.39 Å². The van der Waals surface area contributed by atoms with Crippen LogP contribution in [-0.2, 0) is 19.7 Å². The minimum absolute atomic E-state index is 0.172. The van der Waals surface area contributed by atoms with E-state index < -0.39 is 17.4 Å². The second kappa shape index (κ2) is 5.81. The quantitative estimate of drug-likeness (QED) is 0.768. The Labute approximate surface area is 155 Å². The zero-order chi connectivity index (χ0) is 18.6. The van der Waals surface area contributed by atoms with Crippen LogP contribution in [0.1, 0.15) is 30.9 Å². The Bertz CT molecular complexity index is 914. The van der Waals surface area contributed by atoms with Crippen molar-refractivity contribution in [3.05, 3.63) is 64.4 Å². The molecular weight excluding hydrogens is 357 g/mol. The van der Waals surface area contributed by atoms with Gasteiger partial charge in [0.1, 0.15) is 11.2 Å². The summed E-state index contributed by atoms with van der Waals surface area (Å²) >= 11 is 6.10. The monoisotopic (exact) mass is 373 g/mol. The predicted molar refractivity (Wildman–Crippen MR) is 95.9 cm³/mol. The van der Waals surface area contributed by atoms with E-state index in [1.807, 2.05) is 6.07 Å². The summed E-state index contributed by atoms with van der Waals surface area (Å²) in [4.78, 5) is 27.0. The Morgan fingerprint density at radius 2 is 1.92 bits per heavy atom. The fraction of sp³-hybridized carbons (Fsp3) is 0.300. The summed E-state index contributed by atoms with van der Waals surface area (Å²) in [6, 6.07) is 10.8. The first-order chi connectivity index (χ1) is 12.4. The summed E-state index contributed by atoms with van der Waals surface area (Å²) in [5, 5.41) is 0.528. The first-order valence-electron chi connectivity index (χ1n) is 8.45. The largest absolute Gasteiger partial charge is 0.465 e. The van der Waals surface area contributed by atoms with Gasteiger partial charge in [0.2, 0.25) is 5.91 Å². The molecule has 1 aliphatic heterocycles. The summed E-state index contributed by atoms with van der Waals surface area (Å²) < 4.78 is 18.8. The third-order valence-electron chi connectivity index (χ3n) is 5.30. The number of fused-ring (bicyclic) bond motifs is 3. The van der Waals surface area contributed by atoms with E-state index in [4.69, 9.17) is 16.3 Å². The zero-order valence-electron chi connectivity index (χ0n) is 14.3. The van der Waals surface area contributed by atoms with Crippen molar-refractivity contribution in [2.45, 2.75) is 31.2 Å². The fourth-order valence-electron chi connectivity index (χ4n) is 4.33. The third kappa shape index (κ3) is 2.13. The molecule has 0 aromatic heterocycles. The maximum Gasteiger partial charge on any atom is 0.319 e. The zero-order valence-corrected chi connectivity index (χ0v) is 15.1. The lowest BCUT2D eigenvalue weighted by molar-refractivity contribution is -0.146. The molecule has 26 heavy (non-hydrogen) atoms. The van der Waals surface area contributed by atoms with Gasteiger partial charge in [0, 0.05) is 23.6 Å². The van der Waals surface area contributed by atoms with Crippen molar-refractivity contribution in [1.29, 1.82) is 0 Å². The average Bonchev–Trinajstić information content (AvgIpc) is 3.14. The van der Waals surface area contributed by atoms with Crippen LogP contribution >= 0.6 is 11.6 Å². The maximum absolute atomic E-state index is 13.4. The Morgan fingerprint density at radius 1 is 1.23 bits per heavy atom. The van der Waals surface area contributed by atoms with Crippen LogP contribution in [0.3, 0.4) is 0 Å². The number of benzene rings is 2. The number of amides is 1. The number of carbonyl (C=O) groups is 2. The van der Waals surface area contributed by atoms with Gasteiger partial charge in [0.15, 0.2) is 0 Å². The molecule has 4 rings (SSSR count). The number of nitrogens with zero attached hydrogens (tertiary/aromatic N) is 1. The topological polar surface area (TPSA) is 46.6 Å². The summed E-state index contributed by atoms with van der Waals surface area (Å²) in [5.74, 6) is -1.18. The molecule has 0 bridgehead atoms. The van der Waals surface area contributed by atoms with E-state index in [2.05, 4.69) is 0 Å². The molecule has 0 N–H and O–H groups in total. The minimum Gasteiger partial charge on any atom is -0.465 e. The molecule has 2 aromatic carbocycles. The molecule has 134 valence electrons. The molecular formula is C20H17ClFNO3. The Hall–Kier alpha value is -2.40. The molecule has 2 aromatic rings. The normalized spacial score (nSPS) is 25.5. The molecule has 0 saturated heterocycles. The number of rotatable bonds is 3. The second-order valence-electron chi connectivity index (χ2n) is 6.61. The number of ether oxygens (including phenoxy) is 1. The molecule has 0 radical (unpaired) electrons. The number of esters is 1. The van der Waals surface area contributed by atoms with Crippen LogP contribution in [0.2, 0.25) is 5.02 Å². The first kappa shape index (κ1) is 17.0. The van der Waals surface area contributed by atoms with Crippen molar-refractivity contribution < 1.29 is 18.7 Å². The summed E-state index contributed by atoms with van der Waals surface area (Å²) in [7, 11) is 0. The van der Waals surface area contributed by atoms with Gasteiger partial charge in [-0.2, -0.15) is 0 Å². The van der Waals surface area contributed by atoms with Gasteiger partial charge in [0.05, 0.1) is 12.6 Å². The summed E-state index contributed by atoms with van der Waals surface area (Å²) in [5.41, 5.74) is 1.24. The number of halogens is 2. The van der Waals surface area contributed by atoms with Gasteiger partial charge in [-0.05, 0) is 42.3 Å². The van der Waals surface area contributed by atoms with Crippen LogP contribution < -0.4 is 4.90 Å². The van der Waals surface area contributed by atoms with Crippen LogP contribution in [0, 0.1) is 5.82 Å². The van der Waals surface area contributed by atoms with E-state index in [-0.39, 0.29) is 24.2 Å². The highest BCUT2D eigenvalue weighted by Gasteiger charge is 2.78. The third-order valence-corrected chi connectivity index (χ3v) is 5.54. The highest BCUT2D eigenvalue weighted by Crippen LogP contribution is 2.69. The molecule has 1 saturated carbocycles. The molecule has 1 aliphatic carbocycles. The molecule has 6 heteroatoms. The Kier molecular flexibility index (Phi) is 3.81. The fourth-order valence-corrected chi connectivity index (χ4v) is 4.50. The van der Waals surface area contributed by atoms with Gasteiger partial charge in [-0.3, -0.25) is 9.59 Å². The van der Waals surface area contributed by atoms with E-state index in [0.717, 1.165) is 11.3 Å². The van der Waals surface area contributed by atoms with Gasteiger partial charge in [-0.15, -0.1) is 0 Å². The highest BCUT2D eigenvalue weighted by atomic mass is 35.5. The summed E-state index contributed by atoms with van der Waals surface area (Å²) in [6.07, 6.45) is 0. The number of hydrogen-bond acceptors (Lipinski definition) is 3. The number of anilines is 1. The second-order valence-corrected chi connectivity index (χ2v) is 7.05.